The van der Waals surface area contributed by atoms with Gasteiger partial charge in [0.2, 0.25) is 11.8 Å². The van der Waals surface area contributed by atoms with Gasteiger partial charge >= 0.3 is 0 Å². The molecule has 0 radical (unpaired) electrons. The quantitative estimate of drug-likeness (QED) is 0.786. The largest absolute Gasteiger partial charge is 0.352 e. The minimum Gasteiger partial charge on any atom is -0.352 e. The summed E-state index contributed by atoms with van der Waals surface area (Å²) in [5.74, 6) is -0.847. The molecule has 2 aromatic rings. The Morgan fingerprint density at radius 2 is 1.71 bits per heavy atom. The SMILES string of the molecule is Cc1ccc(CC(=O)N(Cc2ccccc2F)C(C)C(=O)NC(C)C)cc1C. The Morgan fingerprint density at radius 1 is 1.04 bits per heavy atom. The van der Waals surface area contributed by atoms with Crippen molar-refractivity contribution in [1.82, 2.24) is 10.2 Å². The molecule has 0 aliphatic rings. The molecule has 2 aromatic carbocycles. The van der Waals surface area contributed by atoms with E-state index in [0.717, 1.165) is 16.7 Å². The van der Waals surface area contributed by atoms with Crippen LogP contribution in [0.15, 0.2) is 42.5 Å². The van der Waals surface area contributed by atoms with Crippen LogP contribution in [0.5, 0.6) is 0 Å². The smallest absolute Gasteiger partial charge is 0.242 e. The van der Waals surface area contributed by atoms with E-state index in [1.165, 1.54) is 11.0 Å². The number of benzene rings is 2. The Morgan fingerprint density at radius 3 is 2.32 bits per heavy atom. The molecule has 2 amide bonds. The Bertz CT molecular complexity index is 848. The van der Waals surface area contributed by atoms with Crippen molar-refractivity contribution in [2.75, 3.05) is 0 Å². The summed E-state index contributed by atoms with van der Waals surface area (Å²) in [4.78, 5) is 27.1. The van der Waals surface area contributed by atoms with Gasteiger partial charge in [-0.25, -0.2) is 4.39 Å². The molecule has 0 saturated carbocycles. The molecule has 5 heteroatoms. The molecule has 0 aromatic heterocycles. The highest BCUT2D eigenvalue weighted by atomic mass is 19.1. The summed E-state index contributed by atoms with van der Waals surface area (Å²) in [5.41, 5.74) is 3.53. The molecule has 1 unspecified atom stereocenters. The van der Waals surface area contributed by atoms with Crippen LogP contribution in [0.4, 0.5) is 4.39 Å². The minimum absolute atomic E-state index is 0.0416. The molecule has 28 heavy (non-hydrogen) atoms. The van der Waals surface area contributed by atoms with Gasteiger partial charge < -0.3 is 10.2 Å². The number of halogens is 1. The van der Waals surface area contributed by atoms with Gasteiger partial charge in [0.15, 0.2) is 0 Å². The zero-order chi connectivity index (χ0) is 20.8. The van der Waals surface area contributed by atoms with Gasteiger partial charge in [-0.1, -0.05) is 36.4 Å². The van der Waals surface area contributed by atoms with E-state index in [4.69, 9.17) is 0 Å². The summed E-state index contributed by atoms with van der Waals surface area (Å²) in [7, 11) is 0. The highest BCUT2D eigenvalue weighted by Gasteiger charge is 2.27. The van der Waals surface area contributed by atoms with E-state index in [2.05, 4.69) is 5.32 Å². The third kappa shape index (κ3) is 5.65. The first kappa shape index (κ1) is 21.6. The average Bonchev–Trinajstić information content (AvgIpc) is 2.63. The van der Waals surface area contributed by atoms with Crippen molar-refractivity contribution < 1.29 is 14.0 Å². The number of carbonyl (C=O) groups is 2. The van der Waals surface area contributed by atoms with E-state index < -0.39 is 6.04 Å². The van der Waals surface area contributed by atoms with Gasteiger partial charge in [-0.05, 0) is 57.4 Å². The van der Waals surface area contributed by atoms with Crippen LogP contribution < -0.4 is 5.32 Å². The number of nitrogens with one attached hydrogen (secondary N) is 1. The van der Waals surface area contributed by atoms with Gasteiger partial charge in [0.25, 0.3) is 0 Å². The third-order valence-electron chi connectivity index (χ3n) is 4.82. The number of hydrogen-bond donors (Lipinski definition) is 1. The molecular weight excluding hydrogens is 355 g/mol. The summed E-state index contributed by atoms with van der Waals surface area (Å²) < 4.78 is 14.2. The van der Waals surface area contributed by atoms with Crippen LogP contribution in [0.1, 0.15) is 43.0 Å². The average molecular weight is 384 g/mol. The summed E-state index contributed by atoms with van der Waals surface area (Å²) in [6.07, 6.45) is 0.162. The first-order valence-electron chi connectivity index (χ1n) is 9.58. The Kier molecular flexibility index (Phi) is 7.32. The van der Waals surface area contributed by atoms with Crippen LogP contribution in [0, 0.1) is 19.7 Å². The monoisotopic (exact) mass is 384 g/mol. The second-order valence-corrected chi connectivity index (χ2v) is 7.55. The molecule has 0 fully saturated rings. The molecule has 2 rings (SSSR count). The topological polar surface area (TPSA) is 49.4 Å². The second kappa shape index (κ2) is 9.49. The molecule has 4 nitrogen and oxygen atoms in total. The number of amides is 2. The summed E-state index contributed by atoms with van der Waals surface area (Å²) in [6.45, 7) is 9.47. The standard InChI is InChI=1S/C23H29FN2O2/c1-15(2)25-23(28)18(5)26(14-20-8-6-7-9-21(20)24)22(27)13-19-11-10-16(3)17(4)12-19/h6-12,15,18H,13-14H2,1-5H3,(H,25,28). The van der Waals surface area contributed by atoms with Crippen molar-refractivity contribution in [2.24, 2.45) is 0 Å². The van der Waals surface area contributed by atoms with Gasteiger partial charge in [0.1, 0.15) is 11.9 Å². The van der Waals surface area contributed by atoms with E-state index in [-0.39, 0.29) is 36.6 Å². The zero-order valence-electron chi connectivity index (χ0n) is 17.3. The van der Waals surface area contributed by atoms with Crippen LogP contribution in [0.25, 0.3) is 0 Å². The van der Waals surface area contributed by atoms with Crippen molar-refractivity contribution >= 4 is 11.8 Å². The lowest BCUT2D eigenvalue weighted by Gasteiger charge is -2.29. The van der Waals surface area contributed by atoms with E-state index in [9.17, 15) is 14.0 Å². The number of rotatable bonds is 7. The van der Waals surface area contributed by atoms with Crippen LogP contribution in [0.3, 0.4) is 0 Å². The Hall–Kier alpha value is -2.69. The van der Waals surface area contributed by atoms with Gasteiger partial charge in [0, 0.05) is 18.2 Å². The molecular formula is C23H29FN2O2. The normalized spacial score (nSPS) is 12.0. The molecule has 0 bridgehead atoms. The fourth-order valence-corrected chi connectivity index (χ4v) is 2.99. The summed E-state index contributed by atoms with van der Waals surface area (Å²) in [5, 5.41) is 2.83. The van der Waals surface area contributed by atoms with Crippen molar-refractivity contribution in [3.8, 4) is 0 Å². The van der Waals surface area contributed by atoms with Gasteiger partial charge in [-0.2, -0.15) is 0 Å². The van der Waals surface area contributed by atoms with Crippen molar-refractivity contribution in [3.63, 3.8) is 0 Å². The predicted octanol–water partition coefficient (Wildman–Crippen LogP) is 3.93. The van der Waals surface area contributed by atoms with E-state index >= 15 is 0 Å². The lowest BCUT2D eigenvalue weighted by molar-refractivity contribution is -0.140. The first-order chi connectivity index (χ1) is 13.2. The minimum atomic E-state index is -0.707. The van der Waals surface area contributed by atoms with Gasteiger partial charge in [-0.15, -0.1) is 0 Å². The highest BCUT2D eigenvalue weighted by molar-refractivity contribution is 5.88. The Balaban J connectivity index is 2.27. The van der Waals surface area contributed by atoms with Crippen molar-refractivity contribution in [1.29, 1.82) is 0 Å². The summed E-state index contributed by atoms with van der Waals surface area (Å²) in [6, 6.07) is 11.5. The number of aryl methyl sites for hydroxylation is 2. The molecule has 150 valence electrons. The maximum absolute atomic E-state index is 14.2. The molecule has 1 atom stereocenters. The second-order valence-electron chi connectivity index (χ2n) is 7.55. The maximum Gasteiger partial charge on any atom is 0.242 e. The lowest BCUT2D eigenvalue weighted by atomic mass is 10.0. The molecule has 0 aliphatic carbocycles. The fraction of sp³-hybridized carbons (Fsp3) is 0.391. The maximum atomic E-state index is 14.2. The lowest BCUT2D eigenvalue weighted by Crippen LogP contribution is -2.49. The third-order valence-corrected chi connectivity index (χ3v) is 4.82. The molecule has 0 spiro atoms. The van der Waals surface area contributed by atoms with Crippen LogP contribution >= 0.6 is 0 Å². The first-order valence-corrected chi connectivity index (χ1v) is 9.58. The van der Waals surface area contributed by atoms with Crippen molar-refractivity contribution in [2.45, 2.75) is 59.7 Å². The van der Waals surface area contributed by atoms with Gasteiger partial charge in [-0.3, -0.25) is 9.59 Å². The predicted molar refractivity (Wildman–Crippen MR) is 109 cm³/mol. The molecule has 0 heterocycles. The van der Waals surface area contributed by atoms with Crippen LogP contribution in [0.2, 0.25) is 0 Å². The zero-order valence-corrected chi connectivity index (χ0v) is 17.3. The highest BCUT2D eigenvalue weighted by Crippen LogP contribution is 2.16. The molecule has 1 N–H and O–H groups in total. The fourth-order valence-electron chi connectivity index (χ4n) is 2.99. The van der Waals surface area contributed by atoms with Crippen LogP contribution in [-0.4, -0.2) is 28.8 Å². The van der Waals surface area contributed by atoms with E-state index in [0.29, 0.717) is 5.56 Å². The Labute approximate surface area is 166 Å². The number of nitrogens with zero attached hydrogens (tertiary/aromatic N) is 1. The summed E-state index contributed by atoms with van der Waals surface area (Å²) >= 11 is 0. The molecule has 0 saturated heterocycles. The van der Waals surface area contributed by atoms with E-state index in [1.807, 2.05) is 45.9 Å². The molecule has 0 aliphatic heterocycles. The number of hydrogen-bond acceptors (Lipinski definition) is 2. The number of carbonyl (C=O) groups excluding carboxylic acids is 2. The van der Waals surface area contributed by atoms with Crippen molar-refractivity contribution in [3.05, 3.63) is 70.5 Å². The van der Waals surface area contributed by atoms with Crippen LogP contribution in [-0.2, 0) is 22.6 Å². The van der Waals surface area contributed by atoms with E-state index in [1.54, 1.807) is 25.1 Å². The van der Waals surface area contributed by atoms with Gasteiger partial charge in [0.05, 0.1) is 6.42 Å².